The summed E-state index contributed by atoms with van der Waals surface area (Å²) in [5.74, 6) is -0.515. The number of pyridine rings is 1. The maximum Gasteiger partial charge on any atom is 0.573 e. The molecular weight excluding hydrogens is 251 g/mol. The molecule has 18 heavy (non-hydrogen) atoms. The van der Waals surface area contributed by atoms with Crippen molar-refractivity contribution in [3.05, 3.63) is 17.5 Å². The van der Waals surface area contributed by atoms with Crippen molar-refractivity contribution in [1.82, 2.24) is 4.98 Å². The van der Waals surface area contributed by atoms with Crippen LogP contribution in [0.5, 0.6) is 11.5 Å². The Balaban J connectivity index is 3.30. The van der Waals surface area contributed by atoms with Gasteiger partial charge in [-0.25, -0.2) is 0 Å². The van der Waals surface area contributed by atoms with Gasteiger partial charge in [0, 0.05) is 6.54 Å². The van der Waals surface area contributed by atoms with E-state index in [0.29, 0.717) is 0 Å². The van der Waals surface area contributed by atoms with E-state index < -0.39 is 12.1 Å². The van der Waals surface area contributed by atoms with Crippen molar-refractivity contribution >= 4 is 0 Å². The van der Waals surface area contributed by atoms with Crippen molar-refractivity contribution in [3.8, 4) is 17.6 Å². The number of hydrogen-bond acceptors (Lipinski definition) is 5. The Morgan fingerprint density at radius 2 is 2.17 bits per heavy atom. The van der Waals surface area contributed by atoms with Gasteiger partial charge in [-0.3, -0.25) is 4.98 Å². The zero-order chi connectivity index (χ0) is 13.8. The van der Waals surface area contributed by atoms with Gasteiger partial charge in [0.05, 0.1) is 37.1 Å². The number of alkyl halides is 3. The van der Waals surface area contributed by atoms with Gasteiger partial charge in [0.1, 0.15) is 5.75 Å². The quantitative estimate of drug-likeness (QED) is 0.888. The highest BCUT2D eigenvalue weighted by Gasteiger charge is 2.33. The Bertz CT molecular complexity index is 469. The molecule has 98 valence electrons. The van der Waals surface area contributed by atoms with Crippen LogP contribution in [0.3, 0.4) is 0 Å². The maximum absolute atomic E-state index is 12.2. The second-order valence-corrected chi connectivity index (χ2v) is 3.17. The van der Waals surface area contributed by atoms with E-state index in [1.165, 1.54) is 7.11 Å². The zero-order valence-electron chi connectivity index (χ0n) is 9.41. The minimum Gasteiger partial charge on any atom is -0.494 e. The van der Waals surface area contributed by atoms with Crippen molar-refractivity contribution in [2.24, 2.45) is 5.73 Å². The zero-order valence-corrected chi connectivity index (χ0v) is 9.41. The topological polar surface area (TPSA) is 81.2 Å². The lowest BCUT2D eigenvalue weighted by Crippen LogP contribution is -2.19. The lowest BCUT2D eigenvalue weighted by atomic mass is 10.1. The summed E-state index contributed by atoms with van der Waals surface area (Å²) < 4.78 is 45.3. The molecule has 0 unspecified atom stereocenters. The van der Waals surface area contributed by atoms with Crippen molar-refractivity contribution in [2.75, 3.05) is 7.11 Å². The van der Waals surface area contributed by atoms with Crippen molar-refractivity contribution in [3.63, 3.8) is 0 Å². The van der Waals surface area contributed by atoms with E-state index in [2.05, 4.69) is 9.72 Å². The number of methoxy groups -OCH3 is 1. The van der Waals surface area contributed by atoms with E-state index in [1.54, 1.807) is 6.07 Å². The van der Waals surface area contributed by atoms with Gasteiger partial charge in [-0.15, -0.1) is 13.2 Å². The summed E-state index contributed by atoms with van der Waals surface area (Å²) in [6, 6.07) is 1.74. The summed E-state index contributed by atoms with van der Waals surface area (Å²) in [6.07, 6.45) is -4.28. The predicted octanol–water partition coefficient (Wildman–Crippen LogP) is 1.51. The summed E-state index contributed by atoms with van der Waals surface area (Å²) in [5.41, 5.74) is 5.62. The predicted molar refractivity (Wildman–Crippen MR) is 54.7 cm³/mol. The lowest BCUT2D eigenvalue weighted by Gasteiger charge is -2.16. The number of hydrogen-bond donors (Lipinski definition) is 1. The van der Waals surface area contributed by atoms with E-state index >= 15 is 0 Å². The highest BCUT2D eigenvalue weighted by atomic mass is 19.4. The van der Waals surface area contributed by atoms with Crippen molar-refractivity contribution in [2.45, 2.75) is 19.3 Å². The van der Waals surface area contributed by atoms with Gasteiger partial charge in [-0.2, -0.15) is 5.26 Å². The highest BCUT2D eigenvalue weighted by Crippen LogP contribution is 2.33. The molecular formula is C10H10F3N3O2. The number of halogens is 3. The van der Waals surface area contributed by atoms with E-state index in [9.17, 15) is 13.2 Å². The maximum atomic E-state index is 12.2. The number of rotatable bonds is 4. The van der Waals surface area contributed by atoms with E-state index in [0.717, 1.165) is 6.20 Å². The first-order valence-electron chi connectivity index (χ1n) is 4.80. The molecule has 1 aromatic heterocycles. The van der Waals surface area contributed by atoms with Gasteiger partial charge in [0.2, 0.25) is 0 Å². The smallest absolute Gasteiger partial charge is 0.494 e. The normalized spacial score (nSPS) is 10.9. The summed E-state index contributed by atoms with van der Waals surface area (Å²) in [5, 5.41) is 8.63. The summed E-state index contributed by atoms with van der Waals surface area (Å²) in [6.45, 7) is -0.0199. The monoisotopic (exact) mass is 261 g/mol. The molecule has 1 heterocycles. The first kappa shape index (κ1) is 14.1. The van der Waals surface area contributed by atoms with Crippen LogP contribution >= 0.6 is 0 Å². The molecule has 0 aliphatic heterocycles. The number of nitriles is 1. The molecule has 0 radical (unpaired) electrons. The van der Waals surface area contributed by atoms with Crippen molar-refractivity contribution < 1.29 is 22.6 Å². The summed E-state index contributed by atoms with van der Waals surface area (Å²) in [4.78, 5) is 3.71. The Morgan fingerprint density at radius 3 is 2.61 bits per heavy atom. The average Bonchev–Trinajstić information content (AvgIpc) is 2.29. The molecule has 0 bridgehead atoms. The van der Waals surface area contributed by atoms with Crippen LogP contribution in [-0.2, 0) is 13.0 Å². The second-order valence-electron chi connectivity index (χ2n) is 3.17. The molecule has 1 aromatic rings. The highest BCUT2D eigenvalue weighted by molar-refractivity contribution is 5.47. The molecule has 8 heteroatoms. The van der Waals surface area contributed by atoms with Gasteiger partial charge in [0.15, 0.2) is 5.75 Å². The van der Waals surface area contributed by atoms with Gasteiger partial charge in [0.25, 0.3) is 0 Å². The Labute approximate surface area is 101 Å². The van der Waals surface area contributed by atoms with Gasteiger partial charge < -0.3 is 15.2 Å². The van der Waals surface area contributed by atoms with Crippen LogP contribution in [0.2, 0.25) is 0 Å². The molecule has 0 saturated heterocycles. The van der Waals surface area contributed by atoms with Gasteiger partial charge >= 0.3 is 6.36 Å². The Hall–Kier alpha value is -2.01. The molecule has 0 aliphatic rings. The molecule has 5 nitrogen and oxygen atoms in total. The largest absolute Gasteiger partial charge is 0.573 e. The second kappa shape index (κ2) is 5.55. The molecule has 0 spiro atoms. The van der Waals surface area contributed by atoms with E-state index in [-0.39, 0.29) is 30.0 Å². The summed E-state index contributed by atoms with van der Waals surface area (Å²) in [7, 11) is 1.26. The Kier molecular flexibility index (Phi) is 4.33. The van der Waals surface area contributed by atoms with Crippen molar-refractivity contribution in [1.29, 1.82) is 5.26 Å². The standard InChI is InChI=1S/C10H10F3N3O2/c1-17-9-6(2-3-14)8(18-10(11,12)13)5-16-7(9)4-15/h5H,2,4,15H2,1H3. The summed E-state index contributed by atoms with van der Waals surface area (Å²) >= 11 is 0. The molecule has 0 atom stereocenters. The molecule has 0 aromatic carbocycles. The molecule has 0 saturated carbocycles. The number of ether oxygens (including phenoxy) is 2. The molecule has 0 amide bonds. The van der Waals surface area contributed by atoms with Crippen LogP contribution in [0.25, 0.3) is 0 Å². The molecule has 1 rings (SSSR count). The number of nitrogens with zero attached hydrogens (tertiary/aromatic N) is 2. The third-order valence-electron chi connectivity index (χ3n) is 2.05. The van der Waals surface area contributed by atoms with E-state index in [1.807, 2.05) is 0 Å². The average molecular weight is 261 g/mol. The first-order valence-corrected chi connectivity index (χ1v) is 4.80. The molecule has 2 N–H and O–H groups in total. The third-order valence-corrected chi connectivity index (χ3v) is 2.05. The lowest BCUT2D eigenvalue weighted by molar-refractivity contribution is -0.275. The van der Waals surface area contributed by atoms with Crippen LogP contribution < -0.4 is 15.2 Å². The fraction of sp³-hybridized carbons (Fsp3) is 0.400. The van der Waals surface area contributed by atoms with Crippen LogP contribution in [-0.4, -0.2) is 18.5 Å². The number of nitrogens with two attached hydrogens (primary N) is 1. The van der Waals surface area contributed by atoms with Gasteiger partial charge in [-0.1, -0.05) is 0 Å². The SMILES string of the molecule is COc1c(CN)ncc(OC(F)(F)F)c1CC#N. The van der Waals surface area contributed by atoms with Gasteiger partial charge in [-0.05, 0) is 0 Å². The molecule has 0 aliphatic carbocycles. The minimum absolute atomic E-state index is 0.0199. The molecule has 0 fully saturated rings. The number of aromatic nitrogens is 1. The Morgan fingerprint density at radius 1 is 1.50 bits per heavy atom. The minimum atomic E-state index is -4.86. The first-order chi connectivity index (χ1) is 8.42. The third kappa shape index (κ3) is 3.24. The van der Waals surface area contributed by atoms with Crippen LogP contribution in [0.1, 0.15) is 11.3 Å². The van der Waals surface area contributed by atoms with Crippen LogP contribution in [0.4, 0.5) is 13.2 Å². The fourth-order valence-electron chi connectivity index (χ4n) is 1.40. The fourth-order valence-corrected chi connectivity index (χ4v) is 1.40. The van der Waals surface area contributed by atoms with Crippen LogP contribution in [0, 0.1) is 11.3 Å². The van der Waals surface area contributed by atoms with Crippen LogP contribution in [0.15, 0.2) is 6.20 Å². The van der Waals surface area contributed by atoms with E-state index in [4.69, 9.17) is 15.7 Å².